The molecule has 1 aromatic carbocycles. The van der Waals surface area contributed by atoms with Crippen molar-refractivity contribution in [3.63, 3.8) is 0 Å². The number of benzene rings is 1. The molecule has 0 saturated heterocycles. The molecule has 1 heterocycles. The van der Waals surface area contributed by atoms with Crippen LogP contribution < -0.4 is 5.73 Å². The molecule has 0 fully saturated rings. The van der Waals surface area contributed by atoms with Crippen LogP contribution in [0.3, 0.4) is 0 Å². The second-order valence-corrected chi connectivity index (χ2v) is 4.61. The molecule has 4 N–H and O–H groups in total. The van der Waals surface area contributed by atoms with E-state index in [0.29, 0.717) is 22.2 Å². The summed E-state index contributed by atoms with van der Waals surface area (Å²) in [4.78, 5) is 33.2. The molecule has 9 nitrogen and oxygen atoms in total. The van der Waals surface area contributed by atoms with Gasteiger partial charge in [-0.1, -0.05) is 0 Å². The Labute approximate surface area is 130 Å². The molecule has 1 aromatic heterocycles. The standard InChI is InChI=1S/C14H15N3O6/c1-2-22-13(20)7-3-4-9-8(5-7)10(17-16-9)6-11(15)23-14(21)12(18)19/h3-5,11H,2,6,15H2,1H3,(H,16,17)(H,18,19). The van der Waals surface area contributed by atoms with Gasteiger partial charge in [-0.3, -0.25) is 10.8 Å². The molecule has 0 saturated carbocycles. The third-order valence-corrected chi connectivity index (χ3v) is 2.98. The number of carbonyl (C=O) groups is 3. The number of aromatic nitrogens is 2. The average Bonchev–Trinajstić information content (AvgIpc) is 2.89. The minimum absolute atomic E-state index is 0.0157. The van der Waals surface area contributed by atoms with Crippen LogP contribution in [0.5, 0.6) is 0 Å². The molecule has 2 aromatic rings. The highest BCUT2D eigenvalue weighted by atomic mass is 16.6. The fourth-order valence-corrected chi connectivity index (χ4v) is 1.99. The third kappa shape index (κ3) is 3.83. The summed E-state index contributed by atoms with van der Waals surface area (Å²) >= 11 is 0. The Hall–Kier alpha value is -2.94. The molecule has 0 aliphatic carbocycles. The molecule has 1 atom stereocenters. The van der Waals surface area contributed by atoms with Gasteiger partial charge in [0, 0.05) is 17.5 Å². The Balaban J connectivity index is 2.20. The van der Waals surface area contributed by atoms with Crippen molar-refractivity contribution < 1.29 is 29.0 Å². The molecular formula is C14H15N3O6. The van der Waals surface area contributed by atoms with Gasteiger partial charge in [0.25, 0.3) is 0 Å². The van der Waals surface area contributed by atoms with Crippen LogP contribution in [-0.4, -0.2) is 46.0 Å². The molecule has 0 aliphatic heterocycles. The van der Waals surface area contributed by atoms with Crippen molar-refractivity contribution in [3.8, 4) is 0 Å². The number of hydrogen-bond acceptors (Lipinski definition) is 7. The average molecular weight is 321 g/mol. The van der Waals surface area contributed by atoms with Gasteiger partial charge >= 0.3 is 17.9 Å². The number of esters is 2. The van der Waals surface area contributed by atoms with E-state index in [2.05, 4.69) is 14.9 Å². The summed E-state index contributed by atoms with van der Waals surface area (Å²) < 4.78 is 9.47. The van der Waals surface area contributed by atoms with E-state index in [1.165, 1.54) is 0 Å². The van der Waals surface area contributed by atoms with Gasteiger partial charge in [0.15, 0.2) is 6.23 Å². The summed E-state index contributed by atoms with van der Waals surface area (Å²) in [5.41, 5.74) is 7.04. The van der Waals surface area contributed by atoms with E-state index in [1.807, 2.05) is 0 Å². The van der Waals surface area contributed by atoms with Crippen LogP contribution in [0.1, 0.15) is 23.0 Å². The van der Waals surface area contributed by atoms with E-state index in [9.17, 15) is 14.4 Å². The van der Waals surface area contributed by atoms with Crippen molar-refractivity contribution in [2.45, 2.75) is 19.6 Å². The van der Waals surface area contributed by atoms with Crippen LogP contribution in [0, 0.1) is 0 Å². The normalized spacial score (nSPS) is 11.9. The smallest absolute Gasteiger partial charge is 0.418 e. The van der Waals surface area contributed by atoms with E-state index in [-0.39, 0.29) is 13.0 Å². The number of H-pyrrole nitrogens is 1. The number of rotatable bonds is 5. The highest BCUT2D eigenvalue weighted by molar-refractivity contribution is 6.28. The first kappa shape index (κ1) is 16.4. The zero-order valence-electron chi connectivity index (χ0n) is 12.2. The van der Waals surface area contributed by atoms with Crippen molar-refractivity contribution >= 4 is 28.8 Å². The zero-order valence-corrected chi connectivity index (χ0v) is 12.2. The number of carboxylic acid groups (broad SMARTS) is 1. The summed E-state index contributed by atoms with van der Waals surface area (Å²) in [6.07, 6.45) is -1.14. The Bertz CT molecular complexity index is 754. The maximum Gasteiger partial charge on any atom is 0.418 e. The van der Waals surface area contributed by atoms with Crippen molar-refractivity contribution in [1.29, 1.82) is 0 Å². The lowest BCUT2D eigenvalue weighted by Gasteiger charge is -2.10. The van der Waals surface area contributed by atoms with E-state index in [1.54, 1.807) is 25.1 Å². The van der Waals surface area contributed by atoms with E-state index < -0.39 is 24.1 Å². The molecular weight excluding hydrogens is 306 g/mol. The Kier molecular flexibility index (Phi) is 4.91. The molecule has 0 bridgehead atoms. The summed E-state index contributed by atoms with van der Waals surface area (Å²) in [5.74, 6) is -3.63. The number of aromatic amines is 1. The lowest BCUT2D eigenvalue weighted by Crippen LogP contribution is -2.32. The maximum absolute atomic E-state index is 11.8. The van der Waals surface area contributed by atoms with Gasteiger partial charge in [0.1, 0.15) is 0 Å². The fraction of sp³-hybridized carbons (Fsp3) is 0.286. The SMILES string of the molecule is CCOC(=O)c1ccc2n[nH]c(CC(N)OC(=O)C(=O)O)c2c1. The second kappa shape index (κ2) is 6.88. The van der Waals surface area contributed by atoms with Crippen molar-refractivity contribution in [3.05, 3.63) is 29.5 Å². The first-order chi connectivity index (χ1) is 10.9. The predicted octanol–water partition coefficient (Wildman–Crippen LogP) is 0.195. The van der Waals surface area contributed by atoms with E-state index in [0.717, 1.165) is 0 Å². The second-order valence-electron chi connectivity index (χ2n) is 4.61. The van der Waals surface area contributed by atoms with Gasteiger partial charge < -0.3 is 14.6 Å². The molecule has 0 radical (unpaired) electrons. The molecule has 122 valence electrons. The number of fused-ring (bicyclic) bond motifs is 1. The van der Waals surface area contributed by atoms with Crippen LogP contribution >= 0.6 is 0 Å². The van der Waals surface area contributed by atoms with Gasteiger partial charge in [-0.15, -0.1) is 0 Å². The van der Waals surface area contributed by atoms with Crippen molar-refractivity contribution in [2.75, 3.05) is 6.61 Å². The van der Waals surface area contributed by atoms with Gasteiger partial charge in [-0.25, -0.2) is 14.4 Å². The minimum Gasteiger partial charge on any atom is -0.473 e. The summed E-state index contributed by atoms with van der Waals surface area (Å²) in [7, 11) is 0. The first-order valence-corrected chi connectivity index (χ1v) is 6.76. The topological polar surface area (TPSA) is 145 Å². The third-order valence-electron chi connectivity index (χ3n) is 2.98. The maximum atomic E-state index is 11.8. The van der Waals surface area contributed by atoms with Gasteiger partial charge in [0.05, 0.1) is 17.7 Å². The van der Waals surface area contributed by atoms with E-state index >= 15 is 0 Å². The highest BCUT2D eigenvalue weighted by Crippen LogP contribution is 2.19. The van der Waals surface area contributed by atoms with Crippen LogP contribution in [0.2, 0.25) is 0 Å². The first-order valence-electron chi connectivity index (χ1n) is 6.76. The van der Waals surface area contributed by atoms with Gasteiger partial charge in [-0.2, -0.15) is 5.10 Å². The largest absolute Gasteiger partial charge is 0.473 e. The minimum atomic E-state index is -1.72. The van der Waals surface area contributed by atoms with Crippen LogP contribution in [0.4, 0.5) is 0 Å². The van der Waals surface area contributed by atoms with Gasteiger partial charge in [0.2, 0.25) is 0 Å². The number of carbonyl (C=O) groups excluding carboxylic acids is 2. The Morgan fingerprint density at radius 3 is 2.78 bits per heavy atom. The summed E-state index contributed by atoms with van der Waals surface area (Å²) in [6, 6.07) is 4.80. The molecule has 0 spiro atoms. The molecule has 23 heavy (non-hydrogen) atoms. The number of aliphatic carboxylic acids is 1. The Morgan fingerprint density at radius 2 is 2.13 bits per heavy atom. The van der Waals surface area contributed by atoms with Crippen LogP contribution in [-0.2, 0) is 25.5 Å². The van der Waals surface area contributed by atoms with Crippen LogP contribution in [0.25, 0.3) is 10.9 Å². The molecule has 0 aliphatic rings. The summed E-state index contributed by atoms with van der Waals surface area (Å²) in [6.45, 7) is 1.96. The zero-order chi connectivity index (χ0) is 17.0. The Morgan fingerprint density at radius 1 is 1.39 bits per heavy atom. The number of hydrogen-bond donors (Lipinski definition) is 3. The number of ether oxygens (including phenoxy) is 2. The molecule has 0 amide bonds. The lowest BCUT2D eigenvalue weighted by molar-refractivity contribution is -0.167. The molecule has 1 unspecified atom stereocenters. The van der Waals surface area contributed by atoms with E-state index in [4.69, 9.17) is 15.6 Å². The molecule has 9 heteroatoms. The van der Waals surface area contributed by atoms with Crippen molar-refractivity contribution in [1.82, 2.24) is 10.2 Å². The monoisotopic (exact) mass is 321 g/mol. The molecule has 2 rings (SSSR count). The van der Waals surface area contributed by atoms with Gasteiger partial charge in [-0.05, 0) is 25.1 Å². The number of nitrogens with two attached hydrogens (primary N) is 1. The lowest BCUT2D eigenvalue weighted by atomic mass is 10.1. The predicted molar refractivity (Wildman–Crippen MR) is 77.5 cm³/mol. The number of carboxylic acids is 1. The highest BCUT2D eigenvalue weighted by Gasteiger charge is 2.19. The van der Waals surface area contributed by atoms with Crippen molar-refractivity contribution in [2.24, 2.45) is 5.73 Å². The van der Waals surface area contributed by atoms with Crippen LogP contribution in [0.15, 0.2) is 18.2 Å². The summed E-state index contributed by atoms with van der Waals surface area (Å²) in [5, 5.41) is 15.9. The fourth-order valence-electron chi connectivity index (χ4n) is 1.99. The number of nitrogens with one attached hydrogen (secondary N) is 1. The number of nitrogens with zero attached hydrogens (tertiary/aromatic N) is 1. The quantitative estimate of drug-likeness (QED) is 0.402.